The molecule has 1 N–H and O–H groups in total. The number of fused-ring (bicyclic) bond motifs is 1. The molecule has 0 saturated carbocycles. The smallest absolute Gasteiger partial charge is 0.142 e. The molecule has 2 nitrogen and oxygen atoms in total. The van der Waals surface area contributed by atoms with Gasteiger partial charge in [0.1, 0.15) is 5.82 Å². The molecule has 2 aliphatic rings. The van der Waals surface area contributed by atoms with Crippen LogP contribution in [0.2, 0.25) is 0 Å². The van der Waals surface area contributed by atoms with Crippen LogP contribution in [0, 0.1) is 17.7 Å². The van der Waals surface area contributed by atoms with Crippen molar-refractivity contribution in [3.63, 3.8) is 0 Å². The topological polar surface area (TPSA) is 24.9 Å². The molecule has 2 heterocycles. The summed E-state index contributed by atoms with van der Waals surface area (Å²) in [6.45, 7) is 2.14. The molecule has 3 rings (SSSR count). The van der Waals surface area contributed by atoms with Gasteiger partial charge in [-0.2, -0.15) is 0 Å². The van der Waals surface area contributed by atoms with Gasteiger partial charge in [0, 0.05) is 12.7 Å². The Balaban J connectivity index is 1.90. The zero-order valence-electron chi connectivity index (χ0n) is 9.12. The number of nitrogens with zero attached hydrogens (tertiary/aromatic N) is 1. The van der Waals surface area contributed by atoms with Gasteiger partial charge in [0.05, 0.1) is 6.20 Å². The minimum Gasteiger partial charge on any atom is -0.316 e. The molecule has 1 aromatic rings. The maximum absolute atomic E-state index is 13.1. The van der Waals surface area contributed by atoms with Crippen molar-refractivity contribution in [1.29, 1.82) is 0 Å². The highest BCUT2D eigenvalue weighted by molar-refractivity contribution is 5.69. The molecule has 3 heteroatoms. The van der Waals surface area contributed by atoms with Gasteiger partial charge in [-0.1, -0.05) is 6.08 Å². The molecule has 16 heavy (non-hydrogen) atoms. The van der Waals surface area contributed by atoms with Crippen molar-refractivity contribution in [3.05, 3.63) is 35.9 Å². The van der Waals surface area contributed by atoms with Gasteiger partial charge in [0.25, 0.3) is 0 Å². The second-order valence-corrected chi connectivity index (χ2v) is 4.65. The molecule has 1 fully saturated rings. The monoisotopic (exact) mass is 218 g/mol. The Morgan fingerprint density at radius 3 is 3.19 bits per heavy atom. The Morgan fingerprint density at radius 1 is 1.38 bits per heavy atom. The zero-order valence-corrected chi connectivity index (χ0v) is 9.12. The highest BCUT2D eigenvalue weighted by Crippen LogP contribution is 2.40. The lowest BCUT2D eigenvalue weighted by molar-refractivity contribution is 0.328. The summed E-state index contributed by atoms with van der Waals surface area (Å²) in [6.07, 6.45) is 7.66. The van der Waals surface area contributed by atoms with Gasteiger partial charge in [-0.15, -0.1) is 0 Å². The second-order valence-electron chi connectivity index (χ2n) is 4.65. The number of aromatic nitrogens is 1. The lowest BCUT2D eigenvalue weighted by atomic mass is 9.84. The number of hydrogen-bond donors (Lipinski definition) is 1. The van der Waals surface area contributed by atoms with E-state index in [1.807, 2.05) is 0 Å². The van der Waals surface area contributed by atoms with E-state index >= 15 is 0 Å². The van der Waals surface area contributed by atoms with E-state index in [4.69, 9.17) is 0 Å². The van der Waals surface area contributed by atoms with Crippen molar-refractivity contribution in [1.82, 2.24) is 10.3 Å². The molecular formula is C13H15FN2. The van der Waals surface area contributed by atoms with Crippen LogP contribution in [-0.2, 0) is 0 Å². The molecule has 1 aromatic heterocycles. The standard InChI is InChI=1S/C13H15FN2/c14-11-5-10(6-16-7-11)12-2-1-9-3-4-15-8-13(9)12/h2,5-7,9,13,15H,1,3-4,8H2/t9-,13+/m0/s1. The first-order valence-corrected chi connectivity index (χ1v) is 5.86. The van der Waals surface area contributed by atoms with Gasteiger partial charge in [-0.05, 0) is 48.4 Å². The summed E-state index contributed by atoms with van der Waals surface area (Å²) in [6, 6.07) is 1.59. The van der Waals surface area contributed by atoms with Crippen LogP contribution in [0.1, 0.15) is 18.4 Å². The van der Waals surface area contributed by atoms with E-state index in [9.17, 15) is 4.39 Å². The molecule has 0 aromatic carbocycles. The Kier molecular flexibility index (Phi) is 2.48. The highest BCUT2D eigenvalue weighted by Gasteiger charge is 2.32. The normalized spacial score (nSPS) is 28.7. The predicted octanol–water partition coefficient (Wildman–Crippen LogP) is 2.23. The van der Waals surface area contributed by atoms with Crippen molar-refractivity contribution in [2.24, 2.45) is 11.8 Å². The van der Waals surface area contributed by atoms with Crippen LogP contribution in [-0.4, -0.2) is 18.1 Å². The molecule has 0 radical (unpaired) electrons. The van der Waals surface area contributed by atoms with E-state index in [2.05, 4.69) is 16.4 Å². The number of hydrogen-bond acceptors (Lipinski definition) is 2. The zero-order chi connectivity index (χ0) is 11.0. The van der Waals surface area contributed by atoms with Crippen molar-refractivity contribution >= 4 is 5.57 Å². The summed E-state index contributed by atoms with van der Waals surface area (Å²) in [5.74, 6) is 1.06. The summed E-state index contributed by atoms with van der Waals surface area (Å²) in [5.41, 5.74) is 2.24. The van der Waals surface area contributed by atoms with Crippen molar-refractivity contribution < 1.29 is 4.39 Å². The third kappa shape index (κ3) is 1.65. The first-order chi connectivity index (χ1) is 7.84. The molecule has 1 saturated heterocycles. The van der Waals surface area contributed by atoms with Crippen LogP contribution in [0.25, 0.3) is 5.57 Å². The molecule has 0 bridgehead atoms. The van der Waals surface area contributed by atoms with E-state index in [0.29, 0.717) is 5.92 Å². The SMILES string of the molecule is Fc1cncc(C2=CC[C@H]3CCNC[C@@H]23)c1. The van der Waals surface area contributed by atoms with Crippen molar-refractivity contribution in [2.45, 2.75) is 12.8 Å². The maximum Gasteiger partial charge on any atom is 0.142 e. The Hall–Kier alpha value is -1.22. The fraction of sp³-hybridized carbons (Fsp3) is 0.462. The van der Waals surface area contributed by atoms with E-state index in [1.165, 1.54) is 18.2 Å². The van der Waals surface area contributed by atoms with Gasteiger partial charge < -0.3 is 5.32 Å². The molecular weight excluding hydrogens is 203 g/mol. The van der Waals surface area contributed by atoms with Crippen LogP contribution in [0.5, 0.6) is 0 Å². The molecule has 0 spiro atoms. The average Bonchev–Trinajstić information content (AvgIpc) is 2.72. The lowest BCUT2D eigenvalue weighted by Gasteiger charge is -2.28. The van der Waals surface area contributed by atoms with Gasteiger partial charge in [-0.25, -0.2) is 4.39 Å². The van der Waals surface area contributed by atoms with E-state index < -0.39 is 0 Å². The number of allylic oxidation sites excluding steroid dienone is 1. The van der Waals surface area contributed by atoms with Crippen molar-refractivity contribution in [3.8, 4) is 0 Å². The number of rotatable bonds is 1. The second kappa shape index (κ2) is 3.98. The third-order valence-electron chi connectivity index (χ3n) is 3.70. The third-order valence-corrected chi connectivity index (χ3v) is 3.70. The number of pyridine rings is 1. The fourth-order valence-electron chi connectivity index (χ4n) is 2.89. The maximum atomic E-state index is 13.1. The van der Waals surface area contributed by atoms with Gasteiger partial charge >= 0.3 is 0 Å². The lowest BCUT2D eigenvalue weighted by Crippen LogP contribution is -2.34. The summed E-state index contributed by atoms with van der Waals surface area (Å²) < 4.78 is 13.1. The molecule has 0 unspecified atom stereocenters. The Morgan fingerprint density at radius 2 is 2.31 bits per heavy atom. The van der Waals surface area contributed by atoms with E-state index in [0.717, 1.165) is 31.0 Å². The molecule has 84 valence electrons. The minimum atomic E-state index is -0.245. The largest absolute Gasteiger partial charge is 0.316 e. The van der Waals surface area contributed by atoms with Crippen LogP contribution in [0.15, 0.2) is 24.5 Å². The molecule has 2 atom stereocenters. The van der Waals surface area contributed by atoms with E-state index in [1.54, 1.807) is 12.3 Å². The summed E-state index contributed by atoms with van der Waals surface area (Å²) in [4.78, 5) is 3.93. The summed E-state index contributed by atoms with van der Waals surface area (Å²) in [7, 11) is 0. The molecule has 1 aliphatic heterocycles. The van der Waals surface area contributed by atoms with Crippen molar-refractivity contribution in [2.75, 3.05) is 13.1 Å². The average molecular weight is 218 g/mol. The number of halogens is 1. The first kappa shape index (κ1) is 9.97. The fourth-order valence-corrected chi connectivity index (χ4v) is 2.89. The summed E-state index contributed by atoms with van der Waals surface area (Å²) in [5, 5.41) is 3.42. The highest BCUT2D eigenvalue weighted by atomic mass is 19.1. The van der Waals surface area contributed by atoms with E-state index in [-0.39, 0.29) is 5.82 Å². The summed E-state index contributed by atoms with van der Waals surface area (Å²) >= 11 is 0. The van der Waals surface area contributed by atoms with Crippen LogP contribution >= 0.6 is 0 Å². The predicted molar refractivity (Wildman–Crippen MR) is 61.3 cm³/mol. The number of piperidine rings is 1. The minimum absolute atomic E-state index is 0.245. The van der Waals surface area contributed by atoms with Crippen LogP contribution in [0.4, 0.5) is 4.39 Å². The molecule has 0 amide bonds. The molecule has 1 aliphatic carbocycles. The quantitative estimate of drug-likeness (QED) is 0.782. The number of nitrogens with one attached hydrogen (secondary N) is 1. The Bertz CT molecular complexity index is 428. The Labute approximate surface area is 94.6 Å². The van der Waals surface area contributed by atoms with Gasteiger partial charge in [0.15, 0.2) is 0 Å². The van der Waals surface area contributed by atoms with Gasteiger partial charge in [-0.3, -0.25) is 4.98 Å². The first-order valence-electron chi connectivity index (χ1n) is 5.86. The van der Waals surface area contributed by atoms with Crippen LogP contribution < -0.4 is 5.32 Å². The van der Waals surface area contributed by atoms with Crippen LogP contribution in [0.3, 0.4) is 0 Å². The van der Waals surface area contributed by atoms with Gasteiger partial charge in [0.2, 0.25) is 0 Å².